The summed E-state index contributed by atoms with van der Waals surface area (Å²) in [5.74, 6) is 0. The van der Waals surface area contributed by atoms with E-state index in [9.17, 15) is 0 Å². The van der Waals surface area contributed by atoms with Gasteiger partial charge in [-0.15, -0.1) is 11.3 Å². The smallest absolute Gasteiger partial charge is 0.0900 e. The maximum Gasteiger partial charge on any atom is 0.0900 e. The number of benzene rings is 1. The molecule has 1 N–H and O–H groups in total. The molecule has 0 saturated carbocycles. The molecule has 1 heterocycles. The van der Waals surface area contributed by atoms with Gasteiger partial charge in [0.25, 0.3) is 0 Å². The molecule has 0 aliphatic heterocycles. The van der Waals surface area contributed by atoms with Crippen LogP contribution in [0.1, 0.15) is 34.1 Å². The summed E-state index contributed by atoms with van der Waals surface area (Å²) in [5, 5.41) is 5.47. The average molecular weight is 295 g/mol. The van der Waals surface area contributed by atoms with Crippen LogP contribution < -0.4 is 5.32 Å². The van der Waals surface area contributed by atoms with Crippen LogP contribution in [0.3, 0.4) is 0 Å². The number of halogens is 1. The first-order valence-electron chi connectivity index (χ1n) is 6.52. The number of hydrogen-bond donors (Lipinski definition) is 1. The third kappa shape index (κ3) is 3.78. The Morgan fingerprint density at radius 2 is 2.16 bits per heavy atom. The highest BCUT2D eigenvalue weighted by atomic mass is 35.5. The summed E-state index contributed by atoms with van der Waals surface area (Å²) in [4.78, 5) is 5.86. The summed E-state index contributed by atoms with van der Waals surface area (Å²) in [5.41, 5.74) is 2.39. The molecule has 2 rings (SSSR count). The molecule has 102 valence electrons. The third-order valence-corrected chi connectivity index (χ3v) is 4.46. The van der Waals surface area contributed by atoms with Gasteiger partial charge in [0, 0.05) is 15.9 Å². The van der Waals surface area contributed by atoms with Crippen LogP contribution in [-0.4, -0.2) is 11.5 Å². The van der Waals surface area contributed by atoms with E-state index in [1.807, 2.05) is 18.2 Å². The maximum absolute atomic E-state index is 6.06. The Hall–Kier alpha value is -0.900. The molecular formula is C15H19ClN2S. The minimum atomic E-state index is 0.315. The van der Waals surface area contributed by atoms with Crippen molar-refractivity contribution < 1.29 is 0 Å². The molecule has 1 atom stereocenters. The Morgan fingerprint density at radius 1 is 1.37 bits per heavy atom. The average Bonchev–Trinajstić information content (AvgIpc) is 2.68. The number of aryl methyl sites for hydroxylation is 2. The monoisotopic (exact) mass is 294 g/mol. The maximum atomic E-state index is 6.06. The molecule has 2 nitrogen and oxygen atoms in total. The summed E-state index contributed by atoms with van der Waals surface area (Å²) in [7, 11) is 0. The van der Waals surface area contributed by atoms with Crippen molar-refractivity contribution in [3.8, 4) is 0 Å². The van der Waals surface area contributed by atoms with Gasteiger partial charge in [-0.25, -0.2) is 4.98 Å². The van der Waals surface area contributed by atoms with Crippen molar-refractivity contribution in [3.05, 3.63) is 50.4 Å². The van der Waals surface area contributed by atoms with E-state index in [2.05, 4.69) is 37.1 Å². The van der Waals surface area contributed by atoms with Crippen molar-refractivity contribution in [3.63, 3.8) is 0 Å². The highest BCUT2D eigenvalue weighted by Crippen LogP contribution is 2.28. The van der Waals surface area contributed by atoms with E-state index >= 15 is 0 Å². The van der Waals surface area contributed by atoms with E-state index in [-0.39, 0.29) is 0 Å². The topological polar surface area (TPSA) is 24.9 Å². The van der Waals surface area contributed by atoms with E-state index in [4.69, 9.17) is 11.6 Å². The lowest BCUT2D eigenvalue weighted by Crippen LogP contribution is -2.22. The molecule has 1 aromatic heterocycles. The van der Waals surface area contributed by atoms with Crippen molar-refractivity contribution in [2.45, 2.75) is 33.2 Å². The Kier molecular flexibility index (Phi) is 4.97. The van der Waals surface area contributed by atoms with Crippen molar-refractivity contribution in [2.75, 3.05) is 6.54 Å². The van der Waals surface area contributed by atoms with Gasteiger partial charge in [-0.05, 0) is 44.5 Å². The summed E-state index contributed by atoms with van der Waals surface area (Å²) in [6, 6.07) is 8.39. The van der Waals surface area contributed by atoms with Gasteiger partial charge in [-0.3, -0.25) is 0 Å². The van der Waals surface area contributed by atoms with Crippen LogP contribution in [0.2, 0.25) is 5.02 Å². The van der Waals surface area contributed by atoms with Gasteiger partial charge in [0.1, 0.15) is 0 Å². The normalized spacial score (nSPS) is 12.6. The lowest BCUT2D eigenvalue weighted by Gasteiger charge is -2.17. The molecule has 0 saturated heterocycles. The molecule has 19 heavy (non-hydrogen) atoms. The number of hydrogen-bond acceptors (Lipinski definition) is 3. The van der Waals surface area contributed by atoms with Gasteiger partial charge in [-0.2, -0.15) is 0 Å². The summed E-state index contributed by atoms with van der Waals surface area (Å²) >= 11 is 7.84. The first-order chi connectivity index (χ1) is 9.10. The Balaban J connectivity index is 2.23. The SMILES string of the molecule is CCNC(Cc1cccc(Cl)c1)c1sc(C)nc1C. The Morgan fingerprint density at radius 3 is 2.74 bits per heavy atom. The van der Waals surface area contributed by atoms with Crippen LogP contribution in [-0.2, 0) is 6.42 Å². The molecule has 4 heteroatoms. The zero-order valence-electron chi connectivity index (χ0n) is 11.5. The van der Waals surface area contributed by atoms with Crippen LogP contribution in [0.25, 0.3) is 0 Å². The predicted molar refractivity (Wildman–Crippen MR) is 83.2 cm³/mol. The zero-order chi connectivity index (χ0) is 13.8. The van der Waals surface area contributed by atoms with E-state index < -0.39 is 0 Å². The van der Waals surface area contributed by atoms with E-state index in [1.54, 1.807) is 11.3 Å². The molecule has 1 aromatic carbocycles. The van der Waals surface area contributed by atoms with Gasteiger partial charge < -0.3 is 5.32 Å². The van der Waals surface area contributed by atoms with Gasteiger partial charge in [0.15, 0.2) is 0 Å². The highest BCUT2D eigenvalue weighted by molar-refractivity contribution is 7.11. The van der Waals surface area contributed by atoms with Gasteiger partial charge in [0.05, 0.1) is 10.7 Å². The fourth-order valence-electron chi connectivity index (χ4n) is 2.27. The number of aromatic nitrogens is 1. The minimum Gasteiger partial charge on any atom is -0.309 e. The van der Waals surface area contributed by atoms with Gasteiger partial charge in [0.2, 0.25) is 0 Å². The largest absolute Gasteiger partial charge is 0.309 e. The van der Waals surface area contributed by atoms with Crippen molar-refractivity contribution in [1.82, 2.24) is 10.3 Å². The Bertz CT molecular complexity index is 551. The van der Waals surface area contributed by atoms with Crippen molar-refractivity contribution >= 4 is 22.9 Å². The van der Waals surface area contributed by atoms with Crippen LogP contribution in [0, 0.1) is 13.8 Å². The van der Waals surface area contributed by atoms with E-state index in [0.29, 0.717) is 6.04 Å². The summed E-state index contributed by atoms with van der Waals surface area (Å²) in [6.07, 6.45) is 0.941. The first-order valence-corrected chi connectivity index (χ1v) is 7.71. The van der Waals surface area contributed by atoms with E-state index in [1.165, 1.54) is 10.4 Å². The summed E-state index contributed by atoms with van der Waals surface area (Å²) < 4.78 is 0. The van der Waals surface area contributed by atoms with Crippen LogP contribution in [0.15, 0.2) is 24.3 Å². The molecule has 1 unspecified atom stereocenters. The first kappa shape index (κ1) is 14.5. The lowest BCUT2D eigenvalue weighted by atomic mass is 10.0. The third-order valence-electron chi connectivity index (χ3n) is 3.04. The number of nitrogens with zero attached hydrogens (tertiary/aromatic N) is 1. The van der Waals surface area contributed by atoms with Crippen molar-refractivity contribution in [2.24, 2.45) is 0 Å². The second-order valence-corrected chi connectivity index (χ2v) is 6.30. The predicted octanol–water partition coefficient (Wildman–Crippen LogP) is 4.31. The molecule has 0 aliphatic carbocycles. The van der Waals surface area contributed by atoms with E-state index in [0.717, 1.165) is 28.7 Å². The van der Waals surface area contributed by atoms with Gasteiger partial charge >= 0.3 is 0 Å². The Labute approximate surface area is 123 Å². The standard InChI is InChI=1S/C15H19ClN2S/c1-4-17-14(15-10(2)18-11(3)19-15)9-12-6-5-7-13(16)8-12/h5-8,14,17H,4,9H2,1-3H3. The van der Waals surface area contributed by atoms with Crippen LogP contribution in [0.4, 0.5) is 0 Å². The fraction of sp³-hybridized carbons (Fsp3) is 0.400. The number of likely N-dealkylation sites (N-methyl/N-ethyl adjacent to an activating group) is 1. The molecule has 0 fully saturated rings. The second kappa shape index (κ2) is 6.51. The molecule has 2 aromatic rings. The number of rotatable bonds is 5. The second-order valence-electron chi connectivity index (χ2n) is 4.63. The minimum absolute atomic E-state index is 0.315. The quantitative estimate of drug-likeness (QED) is 0.889. The number of nitrogens with one attached hydrogen (secondary N) is 1. The molecule has 0 bridgehead atoms. The lowest BCUT2D eigenvalue weighted by molar-refractivity contribution is 0.555. The molecule has 0 amide bonds. The molecule has 0 spiro atoms. The highest BCUT2D eigenvalue weighted by Gasteiger charge is 2.17. The fourth-order valence-corrected chi connectivity index (χ4v) is 3.49. The summed E-state index contributed by atoms with van der Waals surface area (Å²) in [6.45, 7) is 7.22. The molecule has 0 aliphatic rings. The molecule has 0 radical (unpaired) electrons. The molecular weight excluding hydrogens is 276 g/mol. The number of thiazole rings is 1. The van der Waals surface area contributed by atoms with Gasteiger partial charge in [-0.1, -0.05) is 30.7 Å². The van der Waals surface area contributed by atoms with Crippen LogP contribution >= 0.6 is 22.9 Å². The van der Waals surface area contributed by atoms with Crippen LogP contribution in [0.5, 0.6) is 0 Å². The zero-order valence-corrected chi connectivity index (χ0v) is 13.1. The van der Waals surface area contributed by atoms with Crippen molar-refractivity contribution in [1.29, 1.82) is 0 Å².